The van der Waals surface area contributed by atoms with Gasteiger partial charge >= 0.3 is 5.97 Å². The number of sulfonamides is 1. The molecule has 0 bridgehead atoms. The van der Waals surface area contributed by atoms with Crippen molar-refractivity contribution in [3.8, 4) is 11.4 Å². The fourth-order valence-electron chi connectivity index (χ4n) is 2.82. The van der Waals surface area contributed by atoms with Crippen LogP contribution >= 0.6 is 0 Å². The summed E-state index contributed by atoms with van der Waals surface area (Å²) in [5.41, 5.74) is 2.30. The summed E-state index contributed by atoms with van der Waals surface area (Å²) in [6, 6.07) is 19.7. The van der Waals surface area contributed by atoms with Gasteiger partial charge in [-0.15, -0.1) is 0 Å². The molecule has 3 N–H and O–H groups in total. The molecule has 0 radical (unpaired) electrons. The van der Waals surface area contributed by atoms with Gasteiger partial charge < -0.3 is 10.1 Å². The minimum Gasteiger partial charge on any atom is -0.478 e. The van der Waals surface area contributed by atoms with Crippen LogP contribution in [0.3, 0.4) is 0 Å². The fourth-order valence-corrected chi connectivity index (χ4v) is 3.89. The summed E-state index contributed by atoms with van der Waals surface area (Å²) >= 11 is 0. The lowest BCUT2D eigenvalue weighted by molar-refractivity contribution is 0.0697. The topological polar surface area (TPSA) is 112 Å². The Morgan fingerprint density at radius 2 is 1.75 bits per heavy atom. The van der Waals surface area contributed by atoms with Crippen LogP contribution in [0.4, 0.5) is 5.69 Å². The molecule has 1 heterocycles. The maximum Gasteiger partial charge on any atom is 0.335 e. The molecule has 0 saturated carbocycles. The number of H-pyrrole nitrogens is 1. The van der Waals surface area contributed by atoms with Crippen molar-refractivity contribution in [2.45, 2.75) is 4.90 Å². The van der Waals surface area contributed by atoms with Crippen LogP contribution in [0.25, 0.3) is 22.4 Å². The molecule has 140 valence electrons. The minimum absolute atomic E-state index is 0.00303. The average molecular weight is 393 g/mol. The number of aromatic carboxylic acids is 1. The number of carbonyl (C=O) groups is 1. The van der Waals surface area contributed by atoms with E-state index >= 15 is 0 Å². The minimum atomic E-state index is -3.89. The quantitative estimate of drug-likeness (QED) is 0.478. The van der Waals surface area contributed by atoms with E-state index in [0.29, 0.717) is 16.9 Å². The Morgan fingerprint density at radius 3 is 2.50 bits per heavy atom. The van der Waals surface area contributed by atoms with Crippen molar-refractivity contribution >= 4 is 32.7 Å². The van der Waals surface area contributed by atoms with E-state index < -0.39 is 16.0 Å². The maximum absolute atomic E-state index is 12.7. The van der Waals surface area contributed by atoms with Gasteiger partial charge in [-0.1, -0.05) is 36.4 Å². The number of imidazole rings is 1. The van der Waals surface area contributed by atoms with Crippen LogP contribution in [0.1, 0.15) is 10.4 Å². The summed E-state index contributed by atoms with van der Waals surface area (Å²) in [5, 5.41) is 9.05. The highest BCUT2D eigenvalue weighted by Crippen LogP contribution is 2.24. The van der Waals surface area contributed by atoms with Crippen LogP contribution in [0, 0.1) is 0 Å². The van der Waals surface area contributed by atoms with E-state index in [1.54, 1.807) is 6.07 Å². The predicted octanol–water partition coefficient (Wildman–Crippen LogP) is 3.73. The van der Waals surface area contributed by atoms with Gasteiger partial charge in [0.2, 0.25) is 0 Å². The normalized spacial score (nSPS) is 11.4. The summed E-state index contributed by atoms with van der Waals surface area (Å²) < 4.78 is 27.8. The zero-order valence-electron chi connectivity index (χ0n) is 14.5. The van der Waals surface area contributed by atoms with Crippen LogP contribution in [-0.4, -0.2) is 29.5 Å². The van der Waals surface area contributed by atoms with Gasteiger partial charge in [-0.3, -0.25) is 4.72 Å². The van der Waals surface area contributed by atoms with E-state index in [1.807, 2.05) is 30.3 Å². The number of anilines is 1. The lowest BCUT2D eigenvalue weighted by Gasteiger charge is -2.08. The van der Waals surface area contributed by atoms with Gasteiger partial charge in [-0.2, -0.15) is 0 Å². The first-order valence-electron chi connectivity index (χ1n) is 8.34. The lowest BCUT2D eigenvalue weighted by atomic mass is 10.2. The van der Waals surface area contributed by atoms with Crippen molar-refractivity contribution in [1.82, 2.24) is 9.97 Å². The molecular weight excluding hydrogens is 378 g/mol. The van der Waals surface area contributed by atoms with Gasteiger partial charge in [0.25, 0.3) is 10.0 Å². The molecule has 7 nitrogen and oxygen atoms in total. The van der Waals surface area contributed by atoms with Crippen molar-refractivity contribution < 1.29 is 18.3 Å². The lowest BCUT2D eigenvalue weighted by Crippen LogP contribution is -2.13. The van der Waals surface area contributed by atoms with Crippen molar-refractivity contribution in [3.05, 3.63) is 78.4 Å². The first-order valence-corrected chi connectivity index (χ1v) is 9.82. The van der Waals surface area contributed by atoms with Crippen molar-refractivity contribution in [3.63, 3.8) is 0 Å². The highest BCUT2D eigenvalue weighted by Gasteiger charge is 2.17. The summed E-state index contributed by atoms with van der Waals surface area (Å²) in [6.45, 7) is 0. The van der Waals surface area contributed by atoms with E-state index in [4.69, 9.17) is 5.11 Å². The molecule has 8 heteroatoms. The molecular formula is C20H15N3O4S. The first-order chi connectivity index (χ1) is 13.4. The smallest absolute Gasteiger partial charge is 0.335 e. The molecule has 3 aromatic carbocycles. The summed E-state index contributed by atoms with van der Waals surface area (Å²) in [6.07, 6.45) is 0. The molecule has 0 fully saturated rings. The Balaban J connectivity index is 1.68. The third-order valence-electron chi connectivity index (χ3n) is 4.17. The second kappa shape index (κ2) is 6.82. The van der Waals surface area contributed by atoms with E-state index in [2.05, 4.69) is 14.7 Å². The number of carboxylic acid groups (broad SMARTS) is 1. The number of nitrogens with one attached hydrogen (secondary N) is 2. The first kappa shape index (κ1) is 17.7. The molecule has 0 amide bonds. The van der Waals surface area contributed by atoms with E-state index in [9.17, 15) is 13.2 Å². The number of fused-ring (bicyclic) bond motifs is 1. The van der Waals surface area contributed by atoms with Crippen molar-refractivity contribution in [1.29, 1.82) is 0 Å². The Morgan fingerprint density at radius 1 is 0.964 bits per heavy atom. The monoisotopic (exact) mass is 393 g/mol. The molecule has 0 aliphatic rings. The number of hydrogen-bond donors (Lipinski definition) is 3. The molecule has 0 atom stereocenters. The zero-order chi connectivity index (χ0) is 19.7. The molecule has 0 aliphatic heterocycles. The summed E-state index contributed by atoms with van der Waals surface area (Å²) in [5.74, 6) is -0.486. The number of benzene rings is 3. The molecule has 28 heavy (non-hydrogen) atoms. The van der Waals surface area contributed by atoms with Gasteiger partial charge in [0.15, 0.2) is 0 Å². The highest BCUT2D eigenvalue weighted by molar-refractivity contribution is 7.92. The molecule has 1 aromatic heterocycles. The van der Waals surface area contributed by atoms with Crippen LogP contribution < -0.4 is 4.72 Å². The van der Waals surface area contributed by atoms with E-state index in [-0.39, 0.29) is 16.1 Å². The van der Waals surface area contributed by atoms with Crippen LogP contribution in [-0.2, 0) is 10.0 Å². The zero-order valence-corrected chi connectivity index (χ0v) is 15.3. The summed E-state index contributed by atoms with van der Waals surface area (Å²) in [7, 11) is -3.89. The van der Waals surface area contributed by atoms with Gasteiger partial charge in [-0.25, -0.2) is 18.2 Å². The largest absolute Gasteiger partial charge is 0.478 e. The molecule has 0 saturated heterocycles. The average Bonchev–Trinajstić information content (AvgIpc) is 3.12. The third kappa shape index (κ3) is 3.45. The number of aromatic nitrogens is 2. The number of nitrogens with zero attached hydrogens (tertiary/aromatic N) is 1. The van der Waals surface area contributed by atoms with Gasteiger partial charge in [-0.05, 0) is 36.4 Å². The van der Waals surface area contributed by atoms with Crippen molar-refractivity contribution in [2.75, 3.05) is 4.72 Å². The fraction of sp³-hybridized carbons (Fsp3) is 0. The van der Waals surface area contributed by atoms with Crippen LogP contribution in [0.5, 0.6) is 0 Å². The molecule has 4 aromatic rings. The van der Waals surface area contributed by atoms with E-state index in [0.717, 1.165) is 5.56 Å². The van der Waals surface area contributed by atoms with Gasteiger partial charge in [0.05, 0.1) is 21.5 Å². The Kier molecular flexibility index (Phi) is 4.32. The van der Waals surface area contributed by atoms with Gasteiger partial charge in [0.1, 0.15) is 5.82 Å². The van der Waals surface area contributed by atoms with Crippen LogP contribution in [0.2, 0.25) is 0 Å². The number of rotatable bonds is 5. The Labute approximate surface area is 160 Å². The second-order valence-electron chi connectivity index (χ2n) is 6.12. The molecule has 0 unspecified atom stereocenters. The number of hydrogen-bond acceptors (Lipinski definition) is 4. The SMILES string of the molecule is O=C(O)c1cccc(NS(=O)(=O)c2ccc3nc(-c4ccccc4)[nH]c3c2)c1. The van der Waals surface area contributed by atoms with Crippen molar-refractivity contribution in [2.24, 2.45) is 0 Å². The standard InChI is InChI=1S/C20H15N3O4S/c24-20(25)14-7-4-8-15(11-14)23-28(26,27)16-9-10-17-18(12-16)22-19(21-17)13-5-2-1-3-6-13/h1-12,23H,(H,21,22)(H,24,25). The maximum atomic E-state index is 12.7. The van der Waals surface area contributed by atoms with Gasteiger partial charge in [0, 0.05) is 11.3 Å². The van der Waals surface area contributed by atoms with E-state index in [1.165, 1.54) is 36.4 Å². The molecule has 4 rings (SSSR count). The summed E-state index contributed by atoms with van der Waals surface area (Å²) in [4.78, 5) is 18.7. The number of aromatic amines is 1. The second-order valence-corrected chi connectivity index (χ2v) is 7.80. The Bertz CT molecular complexity index is 1280. The highest BCUT2D eigenvalue weighted by atomic mass is 32.2. The predicted molar refractivity (Wildman–Crippen MR) is 106 cm³/mol. The third-order valence-corrected chi connectivity index (χ3v) is 5.55. The molecule has 0 aliphatic carbocycles. The van der Waals surface area contributed by atoms with Crippen LogP contribution in [0.15, 0.2) is 77.7 Å². The molecule has 0 spiro atoms. The Hall–Kier alpha value is -3.65. The number of carboxylic acids is 1.